The minimum atomic E-state index is 0.623. The summed E-state index contributed by atoms with van der Waals surface area (Å²) >= 11 is 0. The Morgan fingerprint density at radius 3 is 2.64 bits per heavy atom. The van der Waals surface area contributed by atoms with Crippen LogP contribution in [0.3, 0.4) is 0 Å². The zero-order valence-corrected chi connectivity index (χ0v) is 16.8. The Bertz CT molecular complexity index is 742. The molecule has 0 aliphatic heterocycles. The highest BCUT2D eigenvalue weighted by Gasteiger charge is 2.27. The SMILES string of the molecule is CCCN(C(C)C)C1CCc2c(cccc2-c2c(C)nn(C)c2C)C1. The van der Waals surface area contributed by atoms with E-state index in [0.29, 0.717) is 12.1 Å². The molecule has 2 aromatic rings. The van der Waals surface area contributed by atoms with Crippen molar-refractivity contribution >= 4 is 0 Å². The fourth-order valence-corrected chi connectivity index (χ4v) is 4.59. The minimum absolute atomic E-state index is 0.623. The lowest BCUT2D eigenvalue weighted by Gasteiger charge is -2.38. The molecule has 1 aromatic heterocycles. The van der Waals surface area contributed by atoms with Crippen LogP contribution in [0.2, 0.25) is 0 Å². The van der Waals surface area contributed by atoms with Crippen LogP contribution in [0.25, 0.3) is 11.1 Å². The highest BCUT2D eigenvalue weighted by Crippen LogP contribution is 2.36. The van der Waals surface area contributed by atoms with E-state index >= 15 is 0 Å². The number of fused-ring (bicyclic) bond motifs is 1. The molecule has 3 rings (SSSR count). The van der Waals surface area contributed by atoms with E-state index in [1.54, 1.807) is 5.56 Å². The van der Waals surface area contributed by atoms with E-state index in [-0.39, 0.29) is 0 Å². The molecule has 3 nitrogen and oxygen atoms in total. The normalized spacial score (nSPS) is 17.4. The van der Waals surface area contributed by atoms with Gasteiger partial charge >= 0.3 is 0 Å². The molecule has 0 bridgehead atoms. The number of rotatable bonds is 5. The summed E-state index contributed by atoms with van der Waals surface area (Å²) in [6.45, 7) is 12.5. The summed E-state index contributed by atoms with van der Waals surface area (Å²) in [4.78, 5) is 2.70. The summed E-state index contributed by atoms with van der Waals surface area (Å²) in [5.41, 5.74) is 8.25. The van der Waals surface area contributed by atoms with Gasteiger partial charge in [-0.2, -0.15) is 5.10 Å². The summed E-state index contributed by atoms with van der Waals surface area (Å²) < 4.78 is 2.01. The number of nitrogens with zero attached hydrogens (tertiary/aromatic N) is 3. The van der Waals surface area contributed by atoms with Crippen molar-refractivity contribution in [1.82, 2.24) is 14.7 Å². The number of aryl methyl sites for hydroxylation is 2. The molecule has 1 aliphatic carbocycles. The molecule has 0 fully saturated rings. The largest absolute Gasteiger partial charge is 0.298 e. The van der Waals surface area contributed by atoms with Gasteiger partial charge in [0, 0.05) is 30.4 Å². The standard InChI is InChI=1S/C22H33N3/c1-7-13-25(15(2)3)19-11-12-20-18(14-19)9-8-10-21(20)22-16(4)23-24(6)17(22)5/h8-10,15,19H,7,11-14H2,1-6H3. The second-order valence-electron chi connectivity index (χ2n) is 7.84. The molecular formula is C22H33N3. The molecule has 0 saturated heterocycles. The van der Waals surface area contributed by atoms with Gasteiger partial charge in [-0.3, -0.25) is 9.58 Å². The number of benzene rings is 1. The Balaban J connectivity index is 1.96. The third-order valence-corrected chi connectivity index (χ3v) is 5.85. The van der Waals surface area contributed by atoms with Gasteiger partial charge < -0.3 is 0 Å². The van der Waals surface area contributed by atoms with Gasteiger partial charge in [0.2, 0.25) is 0 Å². The number of aromatic nitrogens is 2. The maximum atomic E-state index is 4.64. The summed E-state index contributed by atoms with van der Waals surface area (Å²) in [5.74, 6) is 0. The Hall–Kier alpha value is -1.61. The first-order valence-corrected chi connectivity index (χ1v) is 9.81. The molecule has 0 N–H and O–H groups in total. The quantitative estimate of drug-likeness (QED) is 0.788. The highest BCUT2D eigenvalue weighted by atomic mass is 15.3. The molecule has 0 radical (unpaired) electrons. The van der Waals surface area contributed by atoms with Crippen LogP contribution in [0, 0.1) is 13.8 Å². The molecule has 1 heterocycles. The average Bonchev–Trinajstić information content (AvgIpc) is 2.83. The monoisotopic (exact) mass is 339 g/mol. The predicted octanol–water partition coefficient (Wildman–Crippen LogP) is 4.68. The Kier molecular flexibility index (Phi) is 5.33. The molecule has 3 heteroatoms. The van der Waals surface area contributed by atoms with Gasteiger partial charge in [0.25, 0.3) is 0 Å². The van der Waals surface area contributed by atoms with Crippen LogP contribution in [-0.2, 0) is 19.9 Å². The molecule has 0 saturated carbocycles. The summed E-state index contributed by atoms with van der Waals surface area (Å²) in [7, 11) is 2.04. The van der Waals surface area contributed by atoms with Crippen LogP contribution < -0.4 is 0 Å². The van der Waals surface area contributed by atoms with Gasteiger partial charge in [-0.25, -0.2) is 0 Å². The minimum Gasteiger partial charge on any atom is -0.298 e. The maximum Gasteiger partial charge on any atom is 0.0674 e. The van der Waals surface area contributed by atoms with Crippen molar-refractivity contribution in [1.29, 1.82) is 0 Å². The lowest BCUT2D eigenvalue weighted by molar-refractivity contribution is 0.140. The average molecular weight is 340 g/mol. The Labute approximate surface area is 153 Å². The van der Waals surface area contributed by atoms with E-state index in [9.17, 15) is 0 Å². The zero-order valence-electron chi connectivity index (χ0n) is 16.8. The molecule has 1 atom stereocenters. The predicted molar refractivity (Wildman–Crippen MR) is 106 cm³/mol. The third kappa shape index (κ3) is 3.39. The van der Waals surface area contributed by atoms with E-state index in [0.717, 1.165) is 5.69 Å². The summed E-state index contributed by atoms with van der Waals surface area (Å²) in [6, 6.07) is 8.18. The second-order valence-corrected chi connectivity index (χ2v) is 7.84. The fourth-order valence-electron chi connectivity index (χ4n) is 4.59. The van der Waals surface area contributed by atoms with Crippen LogP contribution in [0.5, 0.6) is 0 Å². The summed E-state index contributed by atoms with van der Waals surface area (Å²) in [5, 5.41) is 4.64. The van der Waals surface area contributed by atoms with Crippen molar-refractivity contribution in [2.75, 3.05) is 6.54 Å². The molecule has 136 valence electrons. The van der Waals surface area contributed by atoms with E-state index in [2.05, 4.69) is 62.8 Å². The number of hydrogen-bond donors (Lipinski definition) is 0. The van der Waals surface area contributed by atoms with E-state index in [1.807, 2.05) is 11.7 Å². The molecule has 1 aliphatic rings. The molecule has 1 unspecified atom stereocenters. The molecule has 25 heavy (non-hydrogen) atoms. The van der Waals surface area contributed by atoms with E-state index in [4.69, 9.17) is 0 Å². The Morgan fingerprint density at radius 2 is 2.04 bits per heavy atom. The smallest absolute Gasteiger partial charge is 0.0674 e. The summed E-state index contributed by atoms with van der Waals surface area (Å²) in [6.07, 6.45) is 4.85. The van der Waals surface area contributed by atoms with Crippen LogP contribution >= 0.6 is 0 Å². The van der Waals surface area contributed by atoms with Crippen LogP contribution in [0.15, 0.2) is 18.2 Å². The van der Waals surface area contributed by atoms with Gasteiger partial charge in [0.05, 0.1) is 5.69 Å². The maximum absolute atomic E-state index is 4.64. The van der Waals surface area contributed by atoms with Gasteiger partial charge in [-0.1, -0.05) is 25.1 Å². The van der Waals surface area contributed by atoms with Gasteiger partial charge in [0.1, 0.15) is 0 Å². The van der Waals surface area contributed by atoms with Crippen molar-refractivity contribution in [3.8, 4) is 11.1 Å². The van der Waals surface area contributed by atoms with Crippen molar-refractivity contribution in [2.24, 2.45) is 7.05 Å². The first-order valence-electron chi connectivity index (χ1n) is 9.81. The Morgan fingerprint density at radius 1 is 1.28 bits per heavy atom. The second kappa shape index (κ2) is 7.33. The van der Waals surface area contributed by atoms with Crippen LogP contribution in [0.4, 0.5) is 0 Å². The van der Waals surface area contributed by atoms with Gasteiger partial charge in [-0.15, -0.1) is 0 Å². The fraction of sp³-hybridized carbons (Fsp3) is 0.591. The van der Waals surface area contributed by atoms with Crippen molar-refractivity contribution in [3.63, 3.8) is 0 Å². The topological polar surface area (TPSA) is 21.1 Å². The van der Waals surface area contributed by atoms with Crippen LogP contribution in [0.1, 0.15) is 56.1 Å². The van der Waals surface area contributed by atoms with Gasteiger partial charge in [0.15, 0.2) is 0 Å². The molecule has 0 amide bonds. The molecule has 1 aromatic carbocycles. The lowest BCUT2D eigenvalue weighted by Crippen LogP contribution is -2.44. The van der Waals surface area contributed by atoms with Crippen molar-refractivity contribution in [2.45, 2.75) is 72.4 Å². The van der Waals surface area contributed by atoms with Gasteiger partial charge in [-0.05, 0) is 76.6 Å². The van der Waals surface area contributed by atoms with Crippen molar-refractivity contribution < 1.29 is 0 Å². The van der Waals surface area contributed by atoms with Crippen molar-refractivity contribution in [3.05, 3.63) is 40.7 Å². The third-order valence-electron chi connectivity index (χ3n) is 5.85. The van der Waals surface area contributed by atoms with E-state index in [1.165, 1.54) is 54.6 Å². The first kappa shape index (κ1) is 18.2. The first-order chi connectivity index (χ1) is 11.9. The molecular weight excluding hydrogens is 306 g/mol. The number of hydrogen-bond acceptors (Lipinski definition) is 2. The highest BCUT2D eigenvalue weighted by molar-refractivity contribution is 5.73. The molecule has 0 spiro atoms. The lowest BCUT2D eigenvalue weighted by atomic mass is 9.82. The zero-order chi connectivity index (χ0) is 18.1. The van der Waals surface area contributed by atoms with Crippen LogP contribution in [-0.4, -0.2) is 33.3 Å². The van der Waals surface area contributed by atoms with E-state index < -0.39 is 0 Å².